The van der Waals surface area contributed by atoms with E-state index >= 15 is 0 Å². The van der Waals surface area contributed by atoms with Crippen LogP contribution in [-0.2, 0) is 17.3 Å². The Kier molecular flexibility index (Phi) is 6.30. The number of thiophene rings is 1. The van der Waals surface area contributed by atoms with Crippen LogP contribution in [0.15, 0.2) is 40.6 Å². The van der Waals surface area contributed by atoms with E-state index in [2.05, 4.69) is 19.7 Å². The van der Waals surface area contributed by atoms with Crippen LogP contribution in [-0.4, -0.2) is 55.0 Å². The van der Waals surface area contributed by atoms with E-state index in [0.29, 0.717) is 30.2 Å². The summed E-state index contributed by atoms with van der Waals surface area (Å²) in [4.78, 5) is 16.6. The SMILES string of the molecule is O=C(CCCN1CCC(c2nnc3n2CCS(=O)c2ccsc2-3)CC1)c1ccc(F)cc1. The third-order valence-electron chi connectivity index (χ3n) is 6.35. The molecular weight excluding hydrogens is 447 g/mol. The van der Waals surface area contributed by atoms with E-state index < -0.39 is 10.8 Å². The number of piperidine rings is 1. The molecule has 0 spiro atoms. The standard InChI is InChI=1S/C23H25FN4O2S2/c24-18-5-3-16(4-6-18)19(29)2-1-10-27-11-7-17(8-12-27)22-25-26-23-21-20(9-14-31-21)32(30)15-13-28(22)23/h3-6,9,14,17H,1-2,7-8,10-13,15H2. The van der Waals surface area contributed by atoms with Crippen molar-refractivity contribution in [3.8, 4) is 10.7 Å². The summed E-state index contributed by atoms with van der Waals surface area (Å²) in [6, 6.07) is 7.72. The van der Waals surface area contributed by atoms with Crippen molar-refractivity contribution in [1.29, 1.82) is 0 Å². The molecule has 4 heterocycles. The van der Waals surface area contributed by atoms with Crippen molar-refractivity contribution in [3.05, 3.63) is 52.9 Å². The molecule has 0 radical (unpaired) electrons. The first kappa shape index (κ1) is 21.6. The molecule has 6 nitrogen and oxygen atoms in total. The van der Waals surface area contributed by atoms with Gasteiger partial charge in [-0.3, -0.25) is 9.00 Å². The van der Waals surface area contributed by atoms with Gasteiger partial charge in [-0.05, 0) is 74.6 Å². The highest BCUT2D eigenvalue weighted by Gasteiger charge is 2.30. The van der Waals surface area contributed by atoms with E-state index in [-0.39, 0.29) is 11.6 Å². The Hall–Kier alpha value is -2.23. The summed E-state index contributed by atoms with van der Waals surface area (Å²) in [7, 11) is -0.980. The van der Waals surface area contributed by atoms with Gasteiger partial charge in [0.2, 0.25) is 0 Å². The van der Waals surface area contributed by atoms with Gasteiger partial charge in [0, 0.05) is 30.2 Å². The lowest BCUT2D eigenvalue weighted by atomic mass is 9.95. The normalized spacial score (nSPS) is 19.3. The van der Waals surface area contributed by atoms with Crippen LogP contribution in [0.3, 0.4) is 0 Å². The van der Waals surface area contributed by atoms with E-state index in [9.17, 15) is 13.4 Å². The molecule has 1 aromatic carbocycles. The second-order valence-electron chi connectivity index (χ2n) is 8.35. The fourth-order valence-corrected chi connectivity index (χ4v) is 6.96. The van der Waals surface area contributed by atoms with Crippen LogP contribution in [0.5, 0.6) is 0 Å². The van der Waals surface area contributed by atoms with Crippen LogP contribution in [0, 0.1) is 5.82 Å². The number of carbonyl (C=O) groups excluding carboxylic acids is 1. The fourth-order valence-electron chi connectivity index (χ4n) is 4.59. The highest BCUT2D eigenvalue weighted by molar-refractivity contribution is 7.85. The second-order valence-corrected chi connectivity index (χ2v) is 10.8. The van der Waals surface area contributed by atoms with Gasteiger partial charge in [-0.15, -0.1) is 21.5 Å². The summed E-state index contributed by atoms with van der Waals surface area (Å²) in [5, 5.41) is 11.0. The number of hydrogen-bond donors (Lipinski definition) is 0. The summed E-state index contributed by atoms with van der Waals surface area (Å²) >= 11 is 1.59. The molecule has 1 saturated heterocycles. The Morgan fingerprint density at radius 3 is 2.69 bits per heavy atom. The molecule has 0 saturated carbocycles. The van der Waals surface area contributed by atoms with Crippen LogP contribution >= 0.6 is 11.3 Å². The van der Waals surface area contributed by atoms with Crippen LogP contribution in [0.25, 0.3) is 10.7 Å². The summed E-state index contributed by atoms with van der Waals surface area (Å²) in [6.45, 7) is 3.51. The van der Waals surface area contributed by atoms with Gasteiger partial charge in [0.15, 0.2) is 11.6 Å². The summed E-state index contributed by atoms with van der Waals surface area (Å²) in [6.07, 6.45) is 3.28. The second kappa shape index (κ2) is 9.33. The highest BCUT2D eigenvalue weighted by atomic mass is 32.2. The Balaban J connectivity index is 1.16. The zero-order chi connectivity index (χ0) is 22.1. The first-order chi connectivity index (χ1) is 15.6. The summed E-state index contributed by atoms with van der Waals surface area (Å²) in [5.41, 5.74) is 0.576. The summed E-state index contributed by atoms with van der Waals surface area (Å²) < 4.78 is 27.7. The largest absolute Gasteiger partial charge is 0.309 e. The minimum atomic E-state index is -0.980. The zero-order valence-electron chi connectivity index (χ0n) is 17.7. The molecule has 3 aromatic rings. The molecule has 1 atom stereocenters. The average Bonchev–Trinajstić information content (AvgIpc) is 3.43. The molecule has 9 heteroatoms. The fraction of sp³-hybridized carbons (Fsp3) is 0.435. The van der Waals surface area contributed by atoms with Crippen LogP contribution < -0.4 is 0 Å². The maximum absolute atomic E-state index is 13.0. The van der Waals surface area contributed by atoms with Crippen LogP contribution in [0.1, 0.15) is 47.8 Å². The number of carbonyl (C=O) groups is 1. The van der Waals surface area contributed by atoms with Gasteiger partial charge in [-0.1, -0.05) is 0 Å². The molecule has 2 aliphatic heterocycles. The van der Waals surface area contributed by atoms with Crippen LogP contribution in [0.2, 0.25) is 0 Å². The molecule has 32 heavy (non-hydrogen) atoms. The molecule has 0 bridgehead atoms. The Morgan fingerprint density at radius 1 is 1.12 bits per heavy atom. The number of aromatic nitrogens is 3. The maximum Gasteiger partial charge on any atom is 0.175 e. The number of hydrogen-bond acceptors (Lipinski definition) is 6. The lowest BCUT2D eigenvalue weighted by Gasteiger charge is -2.31. The molecule has 5 rings (SSSR count). The van der Waals surface area contributed by atoms with Gasteiger partial charge in [-0.25, -0.2) is 4.39 Å². The topological polar surface area (TPSA) is 68.1 Å². The molecule has 0 N–H and O–H groups in total. The molecule has 1 unspecified atom stereocenters. The van der Waals surface area contributed by atoms with E-state index in [1.807, 2.05) is 11.4 Å². The average molecular weight is 473 g/mol. The first-order valence-electron chi connectivity index (χ1n) is 11.0. The monoisotopic (exact) mass is 472 g/mol. The van der Waals surface area contributed by atoms with E-state index in [0.717, 1.165) is 60.3 Å². The predicted octanol–water partition coefficient (Wildman–Crippen LogP) is 4.11. The Morgan fingerprint density at radius 2 is 1.91 bits per heavy atom. The predicted molar refractivity (Wildman–Crippen MR) is 123 cm³/mol. The van der Waals surface area contributed by atoms with Crippen molar-refractivity contribution in [3.63, 3.8) is 0 Å². The number of likely N-dealkylation sites (tertiary alicyclic amines) is 1. The molecule has 2 aliphatic rings. The smallest absolute Gasteiger partial charge is 0.175 e. The number of halogens is 1. The minimum absolute atomic E-state index is 0.0661. The van der Waals surface area contributed by atoms with Crippen molar-refractivity contribution >= 4 is 27.9 Å². The molecular formula is C23H25FN4O2S2. The van der Waals surface area contributed by atoms with Gasteiger partial charge in [0.25, 0.3) is 0 Å². The molecule has 1 fully saturated rings. The third-order valence-corrected chi connectivity index (χ3v) is 8.78. The number of ketones is 1. The van der Waals surface area contributed by atoms with Gasteiger partial charge in [0.1, 0.15) is 11.6 Å². The van der Waals surface area contributed by atoms with Crippen molar-refractivity contribution in [2.45, 2.75) is 43.0 Å². The third kappa shape index (κ3) is 4.33. The Labute approximate surface area is 192 Å². The van der Waals surface area contributed by atoms with E-state index in [1.165, 1.54) is 12.1 Å². The van der Waals surface area contributed by atoms with Gasteiger partial charge >= 0.3 is 0 Å². The molecule has 168 valence electrons. The number of nitrogens with zero attached hydrogens (tertiary/aromatic N) is 4. The van der Waals surface area contributed by atoms with Crippen molar-refractivity contribution in [2.24, 2.45) is 0 Å². The van der Waals surface area contributed by atoms with Gasteiger partial charge < -0.3 is 9.47 Å². The number of fused-ring (bicyclic) bond motifs is 3. The Bertz CT molecular complexity index is 1130. The summed E-state index contributed by atoms with van der Waals surface area (Å²) in [5.74, 6) is 2.57. The van der Waals surface area contributed by atoms with Gasteiger partial charge in [0.05, 0.1) is 20.6 Å². The zero-order valence-corrected chi connectivity index (χ0v) is 19.3. The number of rotatable bonds is 6. The van der Waals surface area contributed by atoms with E-state index in [4.69, 9.17) is 0 Å². The highest BCUT2D eigenvalue weighted by Crippen LogP contribution is 2.36. The quantitative estimate of drug-likeness (QED) is 0.505. The lowest BCUT2D eigenvalue weighted by Crippen LogP contribution is -2.34. The van der Waals surface area contributed by atoms with Crippen molar-refractivity contribution in [1.82, 2.24) is 19.7 Å². The van der Waals surface area contributed by atoms with Gasteiger partial charge in [-0.2, -0.15) is 0 Å². The number of Topliss-reactive ketones (excluding diaryl/α,β-unsaturated/α-hetero) is 1. The first-order valence-corrected chi connectivity index (χ1v) is 13.2. The maximum atomic E-state index is 13.0. The van der Waals surface area contributed by atoms with Crippen LogP contribution in [0.4, 0.5) is 4.39 Å². The van der Waals surface area contributed by atoms with Crippen molar-refractivity contribution < 1.29 is 13.4 Å². The molecule has 0 amide bonds. The lowest BCUT2D eigenvalue weighted by molar-refractivity contribution is 0.0972. The minimum Gasteiger partial charge on any atom is -0.309 e. The van der Waals surface area contributed by atoms with Crippen molar-refractivity contribution in [2.75, 3.05) is 25.4 Å². The molecule has 2 aromatic heterocycles. The number of benzene rings is 1. The molecule has 0 aliphatic carbocycles. The van der Waals surface area contributed by atoms with E-state index in [1.54, 1.807) is 23.5 Å².